The topological polar surface area (TPSA) is 83.7 Å². The van der Waals surface area contributed by atoms with Crippen molar-refractivity contribution in [1.29, 1.82) is 0 Å². The molecule has 1 aliphatic heterocycles. The average Bonchev–Trinajstić information content (AvgIpc) is 3.00. The van der Waals surface area contributed by atoms with Gasteiger partial charge >= 0.3 is 12.1 Å². The van der Waals surface area contributed by atoms with E-state index in [1.165, 1.54) is 7.11 Å². The Morgan fingerprint density at radius 2 is 2.08 bits per heavy atom. The lowest BCUT2D eigenvalue weighted by Gasteiger charge is -2.40. The molecular weight excluding hydrogens is 322 g/mol. The van der Waals surface area contributed by atoms with E-state index in [0.717, 1.165) is 18.5 Å². The number of piperidine rings is 1. The molecule has 1 aromatic heterocycles. The normalized spacial score (nSPS) is 21.1. The Hall–Kier alpha value is -2.02. The van der Waals surface area contributed by atoms with Gasteiger partial charge in [0, 0.05) is 30.9 Å². The molecule has 0 bridgehead atoms. The maximum atomic E-state index is 12.4. The zero-order valence-corrected chi connectivity index (χ0v) is 15.7. The maximum absolute atomic E-state index is 12.4. The van der Waals surface area contributed by atoms with Gasteiger partial charge < -0.3 is 24.7 Å². The van der Waals surface area contributed by atoms with Crippen molar-refractivity contribution < 1.29 is 19.1 Å². The van der Waals surface area contributed by atoms with Gasteiger partial charge in [0.25, 0.3) is 0 Å². The molecule has 0 aromatic carbocycles. The molecule has 1 aromatic rings. The smallest absolute Gasteiger partial charge is 0.410 e. The summed E-state index contributed by atoms with van der Waals surface area (Å²) in [6.07, 6.45) is 1.66. The van der Waals surface area contributed by atoms with Gasteiger partial charge in [-0.15, -0.1) is 0 Å². The summed E-state index contributed by atoms with van der Waals surface area (Å²) in [5.41, 5.74) is 0.847. The lowest BCUT2D eigenvalue weighted by Crippen LogP contribution is -2.55. The van der Waals surface area contributed by atoms with Crippen LogP contribution < -0.4 is 5.32 Å². The monoisotopic (exact) mass is 351 g/mol. The molecule has 140 valence electrons. The summed E-state index contributed by atoms with van der Waals surface area (Å²) in [5.74, 6) is -0.381. The van der Waals surface area contributed by atoms with E-state index >= 15 is 0 Å². The first-order valence-electron chi connectivity index (χ1n) is 8.70. The number of hydrogen-bond acceptors (Lipinski definition) is 5. The minimum Gasteiger partial charge on any atom is -0.464 e. The number of aromatic nitrogens is 1. The van der Waals surface area contributed by atoms with Gasteiger partial charge in [-0.1, -0.05) is 0 Å². The Morgan fingerprint density at radius 3 is 2.72 bits per heavy atom. The van der Waals surface area contributed by atoms with Crippen LogP contribution in [0.25, 0.3) is 0 Å². The quantitative estimate of drug-likeness (QED) is 0.815. The third kappa shape index (κ3) is 5.22. The third-order valence-electron chi connectivity index (χ3n) is 4.32. The zero-order chi connectivity index (χ0) is 18.6. The number of carbonyl (C=O) groups excluding carboxylic acids is 2. The lowest BCUT2D eigenvalue weighted by atomic mass is 9.98. The molecule has 2 heterocycles. The second-order valence-electron chi connectivity index (χ2n) is 7.43. The molecule has 1 aliphatic rings. The Morgan fingerprint density at radius 1 is 1.36 bits per heavy atom. The number of carbonyl (C=O) groups is 2. The predicted octanol–water partition coefficient (Wildman–Crippen LogP) is 2.68. The number of amides is 1. The number of likely N-dealkylation sites (tertiary alicyclic amines) is 1. The van der Waals surface area contributed by atoms with Gasteiger partial charge in [-0.3, -0.25) is 0 Å². The molecule has 0 aliphatic carbocycles. The Balaban J connectivity index is 1.92. The van der Waals surface area contributed by atoms with Gasteiger partial charge in [-0.2, -0.15) is 0 Å². The van der Waals surface area contributed by atoms with Crippen LogP contribution in [0.2, 0.25) is 0 Å². The highest BCUT2D eigenvalue weighted by molar-refractivity contribution is 5.87. The number of nitrogens with one attached hydrogen (secondary N) is 2. The number of H-pyrrole nitrogens is 1. The standard InChI is InChI=1S/C18H29N3O4/c1-12-14(7-6-10-21(12)17(23)25-18(2,3)4)19-11-13-8-9-15(20-13)16(22)24-5/h8-9,12,14,19-20H,6-7,10-11H2,1-5H3. The van der Waals surface area contributed by atoms with Crippen LogP contribution in [0, 0.1) is 0 Å². The van der Waals surface area contributed by atoms with Crippen LogP contribution in [0.3, 0.4) is 0 Å². The number of esters is 1. The van der Waals surface area contributed by atoms with Crippen LogP contribution in [0.5, 0.6) is 0 Å². The minimum absolute atomic E-state index is 0.0404. The number of aromatic amines is 1. The minimum atomic E-state index is -0.494. The molecule has 2 rings (SSSR count). The molecule has 1 saturated heterocycles. The van der Waals surface area contributed by atoms with Gasteiger partial charge in [0.15, 0.2) is 0 Å². The molecule has 25 heavy (non-hydrogen) atoms. The number of hydrogen-bond donors (Lipinski definition) is 2. The van der Waals surface area contributed by atoms with Crippen LogP contribution >= 0.6 is 0 Å². The van der Waals surface area contributed by atoms with Crippen LogP contribution in [0.1, 0.15) is 56.7 Å². The fraction of sp³-hybridized carbons (Fsp3) is 0.667. The van der Waals surface area contributed by atoms with E-state index in [-0.39, 0.29) is 24.1 Å². The van der Waals surface area contributed by atoms with E-state index in [4.69, 9.17) is 9.47 Å². The summed E-state index contributed by atoms with van der Waals surface area (Å²) in [4.78, 5) is 28.7. The van der Waals surface area contributed by atoms with Gasteiger partial charge in [0.1, 0.15) is 11.3 Å². The van der Waals surface area contributed by atoms with Crippen molar-refractivity contribution in [3.8, 4) is 0 Å². The van der Waals surface area contributed by atoms with Gasteiger partial charge in [0.2, 0.25) is 0 Å². The SMILES string of the molecule is COC(=O)c1ccc(CNC2CCCN(C(=O)OC(C)(C)C)C2C)[nH]1. The van der Waals surface area contributed by atoms with Crippen LogP contribution in [0.4, 0.5) is 4.79 Å². The van der Waals surface area contributed by atoms with E-state index in [2.05, 4.69) is 10.3 Å². The molecule has 0 saturated carbocycles. The Labute approximate surface area is 149 Å². The highest BCUT2D eigenvalue weighted by Gasteiger charge is 2.33. The van der Waals surface area contributed by atoms with Gasteiger partial charge in [0.05, 0.1) is 7.11 Å². The fourth-order valence-electron chi connectivity index (χ4n) is 3.01. The van der Waals surface area contributed by atoms with E-state index in [9.17, 15) is 9.59 Å². The summed E-state index contributed by atoms with van der Waals surface area (Å²) in [6, 6.07) is 3.78. The maximum Gasteiger partial charge on any atom is 0.410 e. The Bertz CT molecular complexity index is 606. The predicted molar refractivity (Wildman–Crippen MR) is 94.4 cm³/mol. The van der Waals surface area contributed by atoms with Crippen LogP contribution in [-0.4, -0.2) is 53.3 Å². The molecule has 1 fully saturated rings. The van der Waals surface area contributed by atoms with Crippen molar-refractivity contribution in [1.82, 2.24) is 15.2 Å². The van der Waals surface area contributed by atoms with E-state index in [1.54, 1.807) is 11.0 Å². The highest BCUT2D eigenvalue weighted by atomic mass is 16.6. The first-order chi connectivity index (χ1) is 11.7. The van der Waals surface area contributed by atoms with Crippen LogP contribution in [-0.2, 0) is 16.0 Å². The number of ether oxygens (including phenoxy) is 2. The summed E-state index contributed by atoms with van der Waals surface area (Å²) in [7, 11) is 1.36. The first-order valence-corrected chi connectivity index (χ1v) is 8.70. The molecule has 2 N–H and O–H groups in total. The van der Waals surface area contributed by atoms with Crippen molar-refractivity contribution in [3.63, 3.8) is 0 Å². The number of rotatable bonds is 4. The first kappa shape index (κ1) is 19.3. The molecule has 0 spiro atoms. The van der Waals surface area contributed by atoms with Crippen LogP contribution in [0.15, 0.2) is 12.1 Å². The van der Waals surface area contributed by atoms with E-state index < -0.39 is 5.60 Å². The third-order valence-corrected chi connectivity index (χ3v) is 4.32. The molecule has 2 unspecified atom stereocenters. The Kier molecular flexibility index (Phi) is 6.11. The van der Waals surface area contributed by atoms with Crippen molar-refractivity contribution in [3.05, 3.63) is 23.5 Å². The number of nitrogens with zero attached hydrogens (tertiary/aromatic N) is 1. The fourth-order valence-corrected chi connectivity index (χ4v) is 3.01. The molecule has 2 atom stereocenters. The van der Waals surface area contributed by atoms with Crippen molar-refractivity contribution in [2.45, 2.75) is 64.8 Å². The second kappa shape index (κ2) is 7.91. The molecule has 0 radical (unpaired) electrons. The molecular formula is C18H29N3O4. The largest absolute Gasteiger partial charge is 0.464 e. The summed E-state index contributed by atoms with van der Waals surface area (Å²) >= 11 is 0. The van der Waals surface area contributed by atoms with Crippen molar-refractivity contribution in [2.24, 2.45) is 0 Å². The molecule has 7 heteroatoms. The summed E-state index contributed by atoms with van der Waals surface area (Å²) in [5, 5.41) is 3.47. The lowest BCUT2D eigenvalue weighted by molar-refractivity contribution is 0.00695. The van der Waals surface area contributed by atoms with E-state index in [1.807, 2.05) is 33.8 Å². The average molecular weight is 351 g/mol. The second-order valence-corrected chi connectivity index (χ2v) is 7.43. The van der Waals surface area contributed by atoms with Crippen molar-refractivity contribution in [2.75, 3.05) is 13.7 Å². The van der Waals surface area contributed by atoms with E-state index in [0.29, 0.717) is 18.8 Å². The van der Waals surface area contributed by atoms with Gasteiger partial charge in [-0.05, 0) is 52.7 Å². The summed E-state index contributed by atoms with van der Waals surface area (Å²) < 4.78 is 10.2. The number of methoxy groups -OCH3 is 1. The zero-order valence-electron chi connectivity index (χ0n) is 15.7. The van der Waals surface area contributed by atoms with Gasteiger partial charge in [-0.25, -0.2) is 9.59 Å². The van der Waals surface area contributed by atoms with Crippen molar-refractivity contribution >= 4 is 12.1 Å². The molecule has 1 amide bonds. The summed E-state index contributed by atoms with van der Waals surface area (Å²) in [6.45, 7) is 8.96. The molecule has 7 nitrogen and oxygen atoms in total. The highest BCUT2D eigenvalue weighted by Crippen LogP contribution is 2.21.